The molecule has 0 unspecified atom stereocenters. The number of aromatic nitrogens is 2. The molecule has 1 heterocycles. The molecule has 0 aromatic carbocycles. The van der Waals surface area contributed by atoms with Crippen molar-refractivity contribution >= 4 is 0 Å². The van der Waals surface area contributed by atoms with Crippen LogP contribution in [0.25, 0.3) is 0 Å². The van der Waals surface area contributed by atoms with Gasteiger partial charge in [-0.15, -0.1) is 0 Å². The summed E-state index contributed by atoms with van der Waals surface area (Å²) in [5.41, 5.74) is 0. The summed E-state index contributed by atoms with van der Waals surface area (Å²) < 4.78 is 0. The third-order valence-corrected chi connectivity index (χ3v) is 0.890. The van der Waals surface area contributed by atoms with Gasteiger partial charge in [0.15, 0.2) is 0 Å². The molecule has 0 fully saturated rings. The molecule has 0 atom stereocenters. The fourth-order valence-corrected chi connectivity index (χ4v) is 0.491. The van der Waals surface area contributed by atoms with E-state index in [0.29, 0.717) is 0 Å². The number of aromatic amines is 1. The zero-order valence-electron chi connectivity index (χ0n) is 7.20. The van der Waals surface area contributed by atoms with Gasteiger partial charge in [0.25, 0.3) is 0 Å². The molecule has 0 amide bonds. The Kier molecular flexibility index (Phi) is 28.3. The molecule has 0 bridgehead atoms. The zero-order valence-corrected chi connectivity index (χ0v) is 11.2. The molecule has 11 heavy (non-hydrogen) atoms. The number of nitrogens with zero attached hydrogens (tertiary/aromatic N) is 1. The largest absolute Gasteiger partial charge is 1.00 e. The SMILES string of the molecule is CCc1ncc[nH]1.[Na+].[Na+].[OH-].[OH-]. The van der Waals surface area contributed by atoms with Crippen molar-refractivity contribution in [1.82, 2.24) is 9.97 Å². The Hall–Kier alpha value is 1.13. The van der Waals surface area contributed by atoms with Crippen LogP contribution < -0.4 is 59.1 Å². The molecular weight excluding hydrogens is 166 g/mol. The van der Waals surface area contributed by atoms with Gasteiger partial charge >= 0.3 is 59.1 Å². The predicted octanol–water partition coefficient (Wildman–Crippen LogP) is -5.37. The monoisotopic (exact) mass is 176 g/mol. The van der Waals surface area contributed by atoms with Crippen LogP contribution in [0.2, 0.25) is 0 Å². The van der Waals surface area contributed by atoms with Gasteiger partial charge in [0, 0.05) is 18.8 Å². The normalized spacial score (nSPS) is 5.91. The number of rotatable bonds is 1. The second kappa shape index (κ2) is 13.7. The third-order valence-electron chi connectivity index (χ3n) is 0.890. The molecule has 0 spiro atoms. The van der Waals surface area contributed by atoms with Crippen LogP contribution in [-0.2, 0) is 6.42 Å². The molecule has 0 aliphatic rings. The molecule has 1 aromatic heterocycles. The van der Waals surface area contributed by atoms with Crippen LogP contribution in [0, 0.1) is 0 Å². The molecule has 0 saturated carbocycles. The van der Waals surface area contributed by atoms with Gasteiger partial charge in [-0.2, -0.15) is 0 Å². The zero-order chi connectivity index (χ0) is 5.11. The molecule has 0 aliphatic carbocycles. The van der Waals surface area contributed by atoms with E-state index in [1.807, 2.05) is 6.20 Å². The number of aryl methyl sites for hydroxylation is 1. The van der Waals surface area contributed by atoms with Gasteiger partial charge in [0.1, 0.15) is 5.82 Å². The summed E-state index contributed by atoms with van der Waals surface area (Å²) in [4.78, 5) is 6.95. The van der Waals surface area contributed by atoms with Crippen molar-refractivity contribution in [1.29, 1.82) is 0 Å². The van der Waals surface area contributed by atoms with E-state index in [0.717, 1.165) is 12.2 Å². The fraction of sp³-hybridized carbons (Fsp3) is 0.400. The Bertz CT molecular complexity index is 135. The van der Waals surface area contributed by atoms with Crippen molar-refractivity contribution in [2.24, 2.45) is 0 Å². The Morgan fingerprint density at radius 2 is 1.91 bits per heavy atom. The first kappa shape index (κ1) is 22.7. The summed E-state index contributed by atoms with van der Waals surface area (Å²) in [5.74, 6) is 1.06. The predicted molar refractivity (Wildman–Crippen MR) is 31.8 cm³/mol. The molecule has 0 saturated heterocycles. The third kappa shape index (κ3) is 9.04. The summed E-state index contributed by atoms with van der Waals surface area (Å²) in [7, 11) is 0. The van der Waals surface area contributed by atoms with E-state index in [1.54, 1.807) is 6.20 Å². The average Bonchev–Trinajstić information content (AvgIpc) is 2.14. The van der Waals surface area contributed by atoms with E-state index in [2.05, 4.69) is 16.9 Å². The van der Waals surface area contributed by atoms with E-state index in [9.17, 15) is 0 Å². The number of hydrogen-bond acceptors (Lipinski definition) is 3. The van der Waals surface area contributed by atoms with E-state index < -0.39 is 0 Å². The maximum absolute atomic E-state index is 3.98. The van der Waals surface area contributed by atoms with Crippen molar-refractivity contribution in [2.45, 2.75) is 13.3 Å². The van der Waals surface area contributed by atoms with Gasteiger partial charge in [-0.25, -0.2) is 4.98 Å². The molecule has 4 nitrogen and oxygen atoms in total. The van der Waals surface area contributed by atoms with Crippen molar-refractivity contribution in [3.63, 3.8) is 0 Å². The number of nitrogens with one attached hydrogen (secondary N) is 1. The van der Waals surface area contributed by atoms with Crippen LogP contribution in [0.4, 0.5) is 0 Å². The summed E-state index contributed by atoms with van der Waals surface area (Å²) >= 11 is 0. The van der Waals surface area contributed by atoms with Gasteiger partial charge < -0.3 is 15.9 Å². The molecule has 0 radical (unpaired) electrons. The van der Waals surface area contributed by atoms with Crippen molar-refractivity contribution in [3.8, 4) is 0 Å². The maximum Gasteiger partial charge on any atom is 1.00 e. The topological polar surface area (TPSA) is 88.7 Å². The van der Waals surface area contributed by atoms with Crippen molar-refractivity contribution in [3.05, 3.63) is 18.2 Å². The Balaban J connectivity index is -0.0000000612. The van der Waals surface area contributed by atoms with Gasteiger partial charge in [-0.3, -0.25) is 0 Å². The summed E-state index contributed by atoms with van der Waals surface area (Å²) in [6.45, 7) is 2.07. The summed E-state index contributed by atoms with van der Waals surface area (Å²) in [6.07, 6.45) is 4.59. The van der Waals surface area contributed by atoms with Crippen LogP contribution in [-0.4, -0.2) is 20.9 Å². The van der Waals surface area contributed by atoms with E-state index in [1.165, 1.54) is 0 Å². The van der Waals surface area contributed by atoms with Gasteiger partial charge in [-0.1, -0.05) is 6.92 Å². The van der Waals surface area contributed by atoms with Crippen LogP contribution in [0.15, 0.2) is 12.4 Å². The Labute approximate surface area is 110 Å². The maximum atomic E-state index is 3.98. The molecule has 6 heteroatoms. The Morgan fingerprint density at radius 3 is 2.09 bits per heavy atom. The van der Waals surface area contributed by atoms with E-state index in [4.69, 9.17) is 0 Å². The van der Waals surface area contributed by atoms with Crippen LogP contribution in [0.1, 0.15) is 12.7 Å². The van der Waals surface area contributed by atoms with Crippen molar-refractivity contribution < 1.29 is 70.1 Å². The quantitative estimate of drug-likeness (QED) is 0.433. The summed E-state index contributed by atoms with van der Waals surface area (Å²) in [5, 5.41) is 0. The van der Waals surface area contributed by atoms with Crippen molar-refractivity contribution in [2.75, 3.05) is 0 Å². The minimum absolute atomic E-state index is 0. The Morgan fingerprint density at radius 1 is 1.36 bits per heavy atom. The average molecular weight is 176 g/mol. The first-order chi connectivity index (χ1) is 3.43. The fourth-order valence-electron chi connectivity index (χ4n) is 0.491. The molecule has 3 N–H and O–H groups in total. The minimum atomic E-state index is 0. The number of imidazole rings is 1. The smallest absolute Gasteiger partial charge is 0.870 e. The second-order valence-electron chi connectivity index (χ2n) is 1.39. The second-order valence-corrected chi connectivity index (χ2v) is 1.39. The minimum Gasteiger partial charge on any atom is -0.870 e. The standard InChI is InChI=1S/C5H8N2.2Na.2H2O/c1-2-5-6-3-4-7-5;;;;/h3-4H,2H2,1H3,(H,6,7);;;2*1H2/q;2*+1;;/p-2. The molecule has 54 valence electrons. The van der Waals surface area contributed by atoms with Gasteiger partial charge in [-0.05, 0) is 0 Å². The first-order valence-corrected chi connectivity index (χ1v) is 2.41. The van der Waals surface area contributed by atoms with Crippen LogP contribution >= 0.6 is 0 Å². The number of hydrogen-bond donors (Lipinski definition) is 1. The van der Waals surface area contributed by atoms with Crippen LogP contribution in [0.5, 0.6) is 0 Å². The molecule has 1 rings (SSSR count). The van der Waals surface area contributed by atoms with Gasteiger partial charge in [0.05, 0.1) is 0 Å². The molecule has 1 aromatic rings. The number of H-pyrrole nitrogens is 1. The van der Waals surface area contributed by atoms with Gasteiger partial charge in [0.2, 0.25) is 0 Å². The van der Waals surface area contributed by atoms with E-state index in [-0.39, 0.29) is 70.1 Å². The van der Waals surface area contributed by atoms with E-state index >= 15 is 0 Å². The molecule has 0 aliphatic heterocycles. The first-order valence-electron chi connectivity index (χ1n) is 2.41. The summed E-state index contributed by atoms with van der Waals surface area (Å²) in [6, 6.07) is 0. The molecular formula is C5H10N2Na2O2. The van der Waals surface area contributed by atoms with Crippen LogP contribution in [0.3, 0.4) is 0 Å².